The SMILES string of the molecule is CCCCC(OP(=O)(O)Cc1ccccc1)(C(=O)O)c1ccc2ccccc2c1. The second kappa shape index (κ2) is 8.91. The van der Waals surface area contributed by atoms with Crippen LogP contribution in [0.25, 0.3) is 10.8 Å². The monoisotopic (exact) mass is 412 g/mol. The lowest BCUT2D eigenvalue weighted by molar-refractivity contribution is -0.158. The van der Waals surface area contributed by atoms with Crippen LogP contribution in [-0.2, 0) is 25.6 Å². The van der Waals surface area contributed by atoms with Crippen LogP contribution < -0.4 is 0 Å². The van der Waals surface area contributed by atoms with E-state index in [2.05, 4.69) is 0 Å². The second-order valence-corrected chi connectivity index (χ2v) is 8.94. The van der Waals surface area contributed by atoms with E-state index in [-0.39, 0.29) is 12.6 Å². The predicted octanol–water partition coefficient (Wildman–Crippen LogP) is 5.71. The lowest BCUT2D eigenvalue weighted by atomic mass is 9.87. The Bertz CT molecular complexity index is 1030. The minimum absolute atomic E-state index is 0.108. The van der Waals surface area contributed by atoms with Gasteiger partial charge in [-0.15, -0.1) is 0 Å². The van der Waals surface area contributed by atoms with Crippen molar-refractivity contribution >= 4 is 24.3 Å². The zero-order valence-corrected chi connectivity index (χ0v) is 17.2. The lowest BCUT2D eigenvalue weighted by Gasteiger charge is -2.32. The first-order valence-corrected chi connectivity index (χ1v) is 11.4. The van der Waals surface area contributed by atoms with Gasteiger partial charge in [-0.25, -0.2) is 4.79 Å². The van der Waals surface area contributed by atoms with Crippen molar-refractivity contribution in [2.75, 3.05) is 0 Å². The molecule has 152 valence electrons. The molecule has 29 heavy (non-hydrogen) atoms. The summed E-state index contributed by atoms with van der Waals surface area (Å²) in [4.78, 5) is 23.0. The molecule has 0 aliphatic heterocycles. The van der Waals surface area contributed by atoms with E-state index in [9.17, 15) is 19.4 Å². The van der Waals surface area contributed by atoms with Crippen LogP contribution >= 0.6 is 7.60 Å². The summed E-state index contributed by atoms with van der Waals surface area (Å²) in [7, 11) is -4.24. The molecule has 0 aliphatic rings. The Hall–Kier alpha value is -2.46. The fourth-order valence-electron chi connectivity index (χ4n) is 3.47. The van der Waals surface area contributed by atoms with Crippen molar-refractivity contribution < 1.29 is 23.9 Å². The third-order valence-corrected chi connectivity index (χ3v) is 6.33. The largest absolute Gasteiger partial charge is 0.479 e. The molecule has 2 unspecified atom stereocenters. The number of unbranched alkanes of at least 4 members (excludes halogenated alkanes) is 1. The van der Waals surface area contributed by atoms with Crippen molar-refractivity contribution in [1.82, 2.24) is 0 Å². The van der Waals surface area contributed by atoms with Crippen molar-refractivity contribution in [2.24, 2.45) is 0 Å². The van der Waals surface area contributed by atoms with Gasteiger partial charge in [-0.2, -0.15) is 0 Å². The summed E-state index contributed by atoms with van der Waals surface area (Å²) in [6.07, 6.45) is 1.14. The van der Waals surface area contributed by atoms with Gasteiger partial charge in [0.2, 0.25) is 0 Å². The van der Waals surface area contributed by atoms with E-state index in [4.69, 9.17) is 4.52 Å². The highest BCUT2D eigenvalue weighted by molar-refractivity contribution is 7.52. The number of hydrogen-bond donors (Lipinski definition) is 2. The summed E-state index contributed by atoms with van der Waals surface area (Å²) in [5.41, 5.74) is -0.898. The molecule has 3 rings (SSSR count). The van der Waals surface area contributed by atoms with Crippen LogP contribution in [0.3, 0.4) is 0 Å². The van der Waals surface area contributed by atoms with E-state index in [0.717, 1.165) is 17.2 Å². The van der Waals surface area contributed by atoms with Gasteiger partial charge in [-0.3, -0.25) is 9.09 Å². The molecular weight excluding hydrogens is 387 g/mol. The molecule has 0 saturated heterocycles. The number of carbonyl (C=O) groups is 1. The first-order chi connectivity index (χ1) is 13.9. The first-order valence-electron chi connectivity index (χ1n) is 9.65. The molecule has 0 radical (unpaired) electrons. The predicted molar refractivity (Wildman–Crippen MR) is 114 cm³/mol. The average Bonchev–Trinajstić information content (AvgIpc) is 2.71. The van der Waals surface area contributed by atoms with E-state index < -0.39 is 19.2 Å². The molecule has 2 atom stereocenters. The van der Waals surface area contributed by atoms with Gasteiger partial charge < -0.3 is 10.00 Å². The molecule has 0 saturated carbocycles. The number of carboxylic acids is 1. The summed E-state index contributed by atoms with van der Waals surface area (Å²) in [6, 6.07) is 21.6. The highest BCUT2D eigenvalue weighted by Crippen LogP contribution is 2.53. The van der Waals surface area contributed by atoms with Crippen LogP contribution in [0, 0.1) is 0 Å². The third-order valence-electron chi connectivity index (χ3n) is 4.97. The van der Waals surface area contributed by atoms with E-state index >= 15 is 0 Å². The van der Waals surface area contributed by atoms with Gasteiger partial charge in [0, 0.05) is 0 Å². The van der Waals surface area contributed by atoms with Crippen molar-refractivity contribution in [2.45, 2.75) is 37.9 Å². The maximum atomic E-state index is 13.0. The fraction of sp³-hybridized carbons (Fsp3) is 0.261. The minimum atomic E-state index is -4.24. The summed E-state index contributed by atoms with van der Waals surface area (Å²) in [5.74, 6) is -1.26. The topological polar surface area (TPSA) is 83.8 Å². The number of benzene rings is 3. The standard InChI is InChI=1S/C23H25O5P/c1-2-3-15-23(22(24)25,21-14-13-19-11-7-8-12-20(19)16-21)28-29(26,27)17-18-9-5-4-6-10-18/h4-14,16H,2-3,15,17H2,1H3,(H,24,25)(H,26,27). The van der Waals surface area contributed by atoms with Gasteiger partial charge in [0.25, 0.3) is 0 Å². The molecule has 0 amide bonds. The van der Waals surface area contributed by atoms with Crippen LogP contribution in [0.15, 0.2) is 72.8 Å². The van der Waals surface area contributed by atoms with Crippen LogP contribution in [0.2, 0.25) is 0 Å². The van der Waals surface area contributed by atoms with Gasteiger partial charge in [0.1, 0.15) is 0 Å². The second-order valence-electron chi connectivity index (χ2n) is 7.17. The highest BCUT2D eigenvalue weighted by atomic mass is 31.2. The molecule has 2 N–H and O–H groups in total. The molecule has 0 spiro atoms. The molecule has 0 fully saturated rings. The number of carboxylic acid groups (broad SMARTS) is 1. The fourth-order valence-corrected chi connectivity index (χ4v) is 4.97. The summed E-state index contributed by atoms with van der Waals surface area (Å²) in [5, 5.41) is 12.0. The molecule has 0 bridgehead atoms. The Kier molecular flexibility index (Phi) is 6.53. The molecule has 3 aromatic carbocycles. The number of fused-ring (bicyclic) bond motifs is 1. The maximum Gasteiger partial charge on any atom is 0.341 e. The molecule has 5 nitrogen and oxygen atoms in total. The molecular formula is C23H25O5P. The Morgan fingerprint density at radius 1 is 1.00 bits per heavy atom. The number of rotatable bonds is 9. The van der Waals surface area contributed by atoms with Gasteiger partial charge >= 0.3 is 13.6 Å². The lowest BCUT2D eigenvalue weighted by Crippen LogP contribution is -2.38. The van der Waals surface area contributed by atoms with Gasteiger partial charge in [0.15, 0.2) is 5.60 Å². The Morgan fingerprint density at radius 3 is 2.31 bits per heavy atom. The first kappa shape index (κ1) is 21.3. The normalized spacial score (nSPS) is 15.5. The molecule has 0 heterocycles. The minimum Gasteiger partial charge on any atom is -0.479 e. The van der Waals surface area contributed by atoms with Crippen LogP contribution in [0.5, 0.6) is 0 Å². The van der Waals surface area contributed by atoms with Crippen molar-refractivity contribution in [3.63, 3.8) is 0 Å². The van der Waals surface area contributed by atoms with Gasteiger partial charge in [-0.1, -0.05) is 80.1 Å². The molecule has 0 aliphatic carbocycles. The molecule has 3 aromatic rings. The van der Waals surface area contributed by atoms with Gasteiger partial charge in [0.05, 0.1) is 6.16 Å². The summed E-state index contributed by atoms with van der Waals surface area (Å²) in [6.45, 7) is 1.94. The smallest absolute Gasteiger partial charge is 0.341 e. The summed E-state index contributed by atoms with van der Waals surface area (Å²) >= 11 is 0. The van der Waals surface area contributed by atoms with E-state index in [1.54, 1.807) is 36.4 Å². The van der Waals surface area contributed by atoms with E-state index in [1.807, 2.05) is 43.3 Å². The quantitative estimate of drug-likeness (QED) is 0.440. The van der Waals surface area contributed by atoms with Crippen molar-refractivity contribution in [1.29, 1.82) is 0 Å². The Labute approximate surface area is 170 Å². The van der Waals surface area contributed by atoms with Crippen molar-refractivity contribution in [3.8, 4) is 0 Å². The van der Waals surface area contributed by atoms with Crippen LogP contribution in [-0.4, -0.2) is 16.0 Å². The Morgan fingerprint density at radius 2 is 1.66 bits per heavy atom. The van der Waals surface area contributed by atoms with Crippen molar-refractivity contribution in [3.05, 3.63) is 83.9 Å². The number of hydrogen-bond acceptors (Lipinski definition) is 3. The zero-order chi connectivity index (χ0) is 20.9. The maximum absolute atomic E-state index is 13.0. The summed E-state index contributed by atoms with van der Waals surface area (Å²) < 4.78 is 18.6. The molecule has 0 aromatic heterocycles. The zero-order valence-electron chi connectivity index (χ0n) is 16.3. The van der Waals surface area contributed by atoms with E-state index in [0.29, 0.717) is 17.5 Å². The number of aliphatic carboxylic acids is 1. The van der Waals surface area contributed by atoms with Crippen LogP contribution in [0.4, 0.5) is 0 Å². The van der Waals surface area contributed by atoms with Crippen LogP contribution in [0.1, 0.15) is 37.3 Å². The third kappa shape index (κ3) is 4.94. The average molecular weight is 412 g/mol. The highest BCUT2D eigenvalue weighted by Gasteiger charge is 2.46. The van der Waals surface area contributed by atoms with Gasteiger partial charge in [-0.05, 0) is 40.8 Å². The Balaban J connectivity index is 2.04. The van der Waals surface area contributed by atoms with E-state index in [1.165, 1.54) is 0 Å². The molecule has 6 heteroatoms.